The Morgan fingerprint density at radius 2 is 1.38 bits per heavy atom. The molecular formula is C25H21N. The average molecular weight is 338 g/mol. The van der Waals surface area contributed by atoms with E-state index in [1.807, 2.05) is 67.6 Å². The van der Waals surface area contributed by atoms with Gasteiger partial charge in [-0.1, -0.05) is 72.8 Å². The van der Waals surface area contributed by atoms with Crippen LogP contribution in [0.1, 0.15) is 15.2 Å². The van der Waals surface area contributed by atoms with Crippen molar-refractivity contribution in [2.75, 3.05) is 0 Å². The second-order valence-corrected chi connectivity index (χ2v) is 6.38. The molecule has 0 amide bonds. The number of pyridine rings is 1. The van der Waals surface area contributed by atoms with Gasteiger partial charge in [0.1, 0.15) is 0 Å². The maximum atomic E-state index is 7.95. The zero-order valence-electron chi connectivity index (χ0n) is 17.6. The predicted octanol–water partition coefficient (Wildman–Crippen LogP) is 6.70. The van der Waals surface area contributed by atoms with E-state index in [4.69, 9.17) is 4.11 Å². The molecule has 4 rings (SSSR count). The first kappa shape index (κ1) is 13.1. The van der Waals surface area contributed by atoms with Crippen LogP contribution >= 0.6 is 0 Å². The highest BCUT2D eigenvalue weighted by atomic mass is 14.7. The molecule has 1 heterocycles. The highest BCUT2D eigenvalue weighted by molar-refractivity contribution is 5.77. The number of aromatic nitrogens is 1. The van der Waals surface area contributed by atoms with Crippen LogP contribution in [0.15, 0.2) is 91.1 Å². The molecule has 0 fully saturated rings. The molecule has 0 saturated heterocycles. The number of aryl methyl sites for hydroxylation is 2. The fourth-order valence-corrected chi connectivity index (χ4v) is 3.20. The summed E-state index contributed by atoms with van der Waals surface area (Å²) in [5.41, 5.74) is 6.88. The third kappa shape index (κ3) is 3.16. The number of hydrogen-bond donors (Lipinski definition) is 0. The molecule has 0 unspecified atom stereocenters. The van der Waals surface area contributed by atoms with Crippen LogP contribution < -0.4 is 0 Å². The monoisotopic (exact) mass is 338 g/mol. The summed E-state index contributed by atoms with van der Waals surface area (Å²) in [4.78, 5) is 4.51. The van der Waals surface area contributed by atoms with Gasteiger partial charge in [0.2, 0.25) is 0 Å². The summed E-state index contributed by atoms with van der Waals surface area (Å²) in [6.45, 7) is -0.232. The summed E-state index contributed by atoms with van der Waals surface area (Å²) >= 11 is 0. The molecular weight excluding hydrogens is 314 g/mol. The summed E-state index contributed by atoms with van der Waals surface area (Å²) < 4.78 is 23.8. The molecule has 0 aliphatic rings. The van der Waals surface area contributed by atoms with Crippen molar-refractivity contribution in [1.29, 1.82) is 0 Å². The SMILES string of the molecule is [2H]C([2H])([2H])c1cnc(-c2cccc(-c3ccccc3)c2)cc1-c1ccccc1C. The van der Waals surface area contributed by atoms with Crippen molar-refractivity contribution >= 4 is 0 Å². The fraction of sp³-hybridized carbons (Fsp3) is 0.0800. The lowest BCUT2D eigenvalue weighted by Crippen LogP contribution is -1.91. The Hall–Kier alpha value is -3.19. The van der Waals surface area contributed by atoms with Crippen LogP contribution in [0.5, 0.6) is 0 Å². The molecule has 0 saturated carbocycles. The molecule has 1 aromatic heterocycles. The molecule has 126 valence electrons. The molecule has 0 spiro atoms. The molecule has 0 atom stereocenters. The topological polar surface area (TPSA) is 12.9 Å². The summed E-state index contributed by atoms with van der Waals surface area (Å²) in [5, 5.41) is 0. The Labute approximate surface area is 159 Å². The van der Waals surface area contributed by atoms with Crippen LogP contribution in [0.25, 0.3) is 33.5 Å². The molecule has 26 heavy (non-hydrogen) atoms. The van der Waals surface area contributed by atoms with Crippen LogP contribution in [0.2, 0.25) is 0 Å². The first-order chi connectivity index (χ1) is 13.9. The Balaban J connectivity index is 1.87. The molecule has 0 N–H and O–H groups in total. The number of benzene rings is 3. The first-order valence-electron chi connectivity index (χ1n) is 10.2. The second-order valence-electron chi connectivity index (χ2n) is 6.38. The van der Waals surface area contributed by atoms with E-state index in [0.29, 0.717) is 5.56 Å². The highest BCUT2D eigenvalue weighted by Gasteiger charge is 2.09. The predicted molar refractivity (Wildman–Crippen MR) is 110 cm³/mol. The third-order valence-electron chi connectivity index (χ3n) is 4.60. The van der Waals surface area contributed by atoms with Crippen LogP contribution in [0.3, 0.4) is 0 Å². The molecule has 1 nitrogen and oxygen atoms in total. The third-order valence-corrected chi connectivity index (χ3v) is 4.60. The molecule has 0 radical (unpaired) electrons. The lowest BCUT2D eigenvalue weighted by atomic mass is 9.95. The van der Waals surface area contributed by atoms with E-state index >= 15 is 0 Å². The molecule has 0 bridgehead atoms. The van der Waals surface area contributed by atoms with E-state index in [1.165, 1.54) is 6.20 Å². The van der Waals surface area contributed by atoms with Crippen LogP contribution in [-0.4, -0.2) is 4.98 Å². The Morgan fingerprint density at radius 3 is 2.19 bits per heavy atom. The van der Waals surface area contributed by atoms with E-state index in [9.17, 15) is 0 Å². The van der Waals surface area contributed by atoms with E-state index < -0.39 is 6.85 Å². The number of hydrogen-bond acceptors (Lipinski definition) is 1. The normalized spacial score (nSPS) is 12.9. The van der Waals surface area contributed by atoms with Gasteiger partial charge >= 0.3 is 0 Å². The minimum Gasteiger partial charge on any atom is -0.256 e. The summed E-state index contributed by atoms with van der Waals surface area (Å²) in [6, 6.07) is 28.1. The molecule has 0 aliphatic carbocycles. The van der Waals surface area contributed by atoms with Gasteiger partial charge in [0.15, 0.2) is 0 Å². The van der Waals surface area contributed by atoms with Crippen molar-refractivity contribution < 1.29 is 4.11 Å². The Bertz CT molecular complexity index is 1150. The van der Waals surface area contributed by atoms with Gasteiger partial charge in [-0.15, -0.1) is 0 Å². The van der Waals surface area contributed by atoms with Crippen molar-refractivity contribution in [3.63, 3.8) is 0 Å². The van der Waals surface area contributed by atoms with Gasteiger partial charge in [0.25, 0.3) is 0 Å². The van der Waals surface area contributed by atoms with Gasteiger partial charge < -0.3 is 0 Å². The minimum atomic E-state index is -2.23. The molecule has 3 aromatic carbocycles. The van der Waals surface area contributed by atoms with E-state index in [-0.39, 0.29) is 5.56 Å². The van der Waals surface area contributed by atoms with Gasteiger partial charge in [-0.2, -0.15) is 0 Å². The van der Waals surface area contributed by atoms with E-state index in [2.05, 4.69) is 29.2 Å². The van der Waals surface area contributed by atoms with Crippen LogP contribution in [0, 0.1) is 13.8 Å². The molecule has 1 heteroatoms. The van der Waals surface area contributed by atoms with E-state index in [1.54, 1.807) is 0 Å². The lowest BCUT2D eigenvalue weighted by molar-refractivity contribution is 1.26. The van der Waals surface area contributed by atoms with Gasteiger partial charge in [0, 0.05) is 15.9 Å². The standard InChI is InChI=1S/C25H21N/c1-18-9-6-7-14-23(18)24-16-25(26-17-19(24)2)22-13-8-12-21(15-22)20-10-4-3-5-11-20/h3-17H,1-2H3/i2D3. The number of rotatable bonds is 3. The molecule has 4 aromatic rings. The minimum absolute atomic E-state index is 0.273. The van der Waals surface area contributed by atoms with Gasteiger partial charge in [-0.05, 0) is 59.3 Å². The van der Waals surface area contributed by atoms with Gasteiger partial charge in [0.05, 0.1) is 5.69 Å². The van der Waals surface area contributed by atoms with Crippen LogP contribution in [-0.2, 0) is 0 Å². The highest BCUT2D eigenvalue weighted by Crippen LogP contribution is 2.31. The summed E-state index contributed by atoms with van der Waals surface area (Å²) in [5.74, 6) is 0. The Kier molecular flexibility index (Phi) is 3.50. The van der Waals surface area contributed by atoms with Crippen molar-refractivity contribution in [2.45, 2.75) is 13.8 Å². The average Bonchev–Trinajstić information content (AvgIpc) is 2.74. The summed E-state index contributed by atoms with van der Waals surface area (Å²) in [6.07, 6.45) is 1.50. The lowest BCUT2D eigenvalue weighted by Gasteiger charge is -2.12. The first-order valence-corrected chi connectivity index (χ1v) is 8.66. The Morgan fingerprint density at radius 1 is 0.654 bits per heavy atom. The van der Waals surface area contributed by atoms with E-state index in [0.717, 1.165) is 33.5 Å². The van der Waals surface area contributed by atoms with Gasteiger partial charge in [-0.25, -0.2) is 0 Å². The van der Waals surface area contributed by atoms with Crippen molar-refractivity contribution in [3.05, 3.63) is 102 Å². The van der Waals surface area contributed by atoms with Crippen LogP contribution in [0.4, 0.5) is 0 Å². The summed E-state index contributed by atoms with van der Waals surface area (Å²) in [7, 11) is 0. The maximum absolute atomic E-state index is 7.95. The van der Waals surface area contributed by atoms with Crippen molar-refractivity contribution in [2.24, 2.45) is 0 Å². The maximum Gasteiger partial charge on any atom is 0.0708 e. The van der Waals surface area contributed by atoms with Gasteiger partial charge in [-0.3, -0.25) is 4.98 Å². The molecule has 0 aliphatic heterocycles. The smallest absolute Gasteiger partial charge is 0.0708 e. The van der Waals surface area contributed by atoms with Crippen molar-refractivity contribution in [3.8, 4) is 33.5 Å². The zero-order chi connectivity index (χ0) is 20.4. The second kappa shape index (κ2) is 6.97. The fourth-order valence-electron chi connectivity index (χ4n) is 3.20. The van der Waals surface area contributed by atoms with Crippen molar-refractivity contribution in [1.82, 2.24) is 4.98 Å². The number of nitrogens with zero attached hydrogens (tertiary/aromatic N) is 1. The quantitative estimate of drug-likeness (QED) is 0.405. The zero-order valence-corrected chi connectivity index (χ0v) is 14.6. The largest absolute Gasteiger partial charge is 0.256 e.